The number of hydrogen-bond acceptors (Lipinski definition) is 8. The quantitative estimate of drug-likeness (QED) is 0.320. The smallest absolute Gasteiger partial charge is 0.408 e. The molecule has 2 atom stereocenters. The van der Waals surface area contributed by atoms with Gasteiger partial charge in [-0.1, -0.05) is 30.3 Å². The van der Waals surface area contributed by atoms with Crippen LogP contribution in [0.3, 0.4) is 0 Å². The predicted octanol–water partition coefficient (Wildman–Crippen LogP) is 3.28. The van der Waals surface area contributed by atoms with Crippen molar-refractivity contribution in [2.75, 3.05) is 6.61 Å². The molecule has 2 aromatic heterocycles. The molecule has 1 aliphatic carbocycles. The monoisotopic (exact) mass is 524 g/mol. The Hall–Kier alpha value is -4.06. The van der Waals surface area contributed by atoms with E-state index >= 15 is 0 Å². The summed E-state index contributed by atoms with van der Waals surface area (Å²) in [5.41, 5.74) is -1.45. The van der Waals surface area contributed by atoms with Crippen molar-refractivity contribution >= 4 is 23.3 Å². The van der Waals surface area contributed by atoms with E-state index in [0.717, 1.165) is 5.56 Å². The maximum atomic E-state index is 13.2. The van der Waals surface area contributed by atoms with Gasteiger partial charge in [-0.3, -0.25) is 19.3 Å². The molecule has 0 spiro atoms. The zero-order valence-corrected chi connectivity index (χ0v) is 22.1. The SMILES string of the molecule is CC(C)(C)OC(=O)NC(C)(C)C(=O)NC1CC1(COCc1ccccc1)c1nnc2ccc([N+](=O)[O-])cn12. The van der Waals surface area contributed by atoms with E-state index < -0.39 is 39.5 Å². The van der Waals surface area contributed by atoms with E-state index in [0.29, 0.717) is 24.5 Å². The van der Waals surface area contributed by atoms with E-state index in [4.69, 9.17) is 9.47 Å². The van der Waals surface area contributed by atoms with Gasteiger partial charge in [0.15, 0.2) is 5.65 Å². The summed E-state index contributed by atoms with van der Waals surface area (Å²) in [6.45, 7) is 8.90. The molecular weight excluding hydrogens is 492 g/mol. The third-order valence-electron chi connectivity index (χ3n) is 6.28. The van der Waals surface area contributed by atoms with Crippen LogP contribution in [0.4, 0.5) is 10.5 Å². The lowest BCUT2D eigenvalue weighted by molar-refractivity contribution is -0.385. The number of fused-ring (bicyclic) bond motifs is 1. The minimum atomic E-state index is -1.27. The van der Waals surface area contributed by atoms with Crippen molar-refractivity contribution in [2.45, 2.75) is 70.2 Å². The number of nitrogens with one attached hydrogen (secondary N) is 2. The minimum Gasteiger partial charge on any atom is -0.444 e. The topological polar surface area (TPSA) is 150 Å². The van der Waals surface area contributed by atoms with Crippen molar-refractivity contribution < 1.29 is 24.0 Å². The van der Waals surface area contributed by atoms with Gasteiger partial charge in [0.2, 0.25) is 5.91 Å². The molecule has 2 amide bonds. The van der Waals surface area contributed by atoms with E-state index in [1.54, 1.807) is 39.0 Å². The number of carbonyl (C=O) groups excluding carboxylic acids is 2. The fourth-order valence-electron chi connectivity index (χ4n) is 4.17. The average Bonchev–Trinajstić information content (AvgIpc) is 3.32. The van der Waals surface area contributed by atoms with Gasteiger partial charge >= 0.3 is 6.09 Å². The van der Waals surface area contributed by atoms with E-state index in [-0.39, 0.29) is 12.3 Å². The molecule has 2 heterocycles. The number of nitrogens with zero attached hydrogens (tertiary/aromatic N) is 4. The van der Waals surface area contributed by atoms with Crippen molar-refractivity contribution in [2.24, 2.45) is 0 Å². The van der Waals surface area contributed by atoms with Crippen molar-refractivity contribution in [3.63, 3.8) is 0 Å². The first kappa shape index (κ1) is 27.0. The number of benzene rings is 1. The zero-order chi connectivity index (χ0) is 27.7. The standard InChI is InChI=1S/C26H32N6O6/c1-24(2,3)38-23(34)28-25(4,5)22(33)27-19-13-26(19,16-37-15-17-9-7-6-8-10-17)21-30-29-20-12-11-18(32(35)36)14-31(20)21/h6-12,14,19H,13,15-16H2,1-5H3,(H,27,33)(H,28,34). The molecule has 2 unspecified atom stereocenters. The maximum absolute atomic E-state index is 13.2. The lowest BCUT2D eigenvalue weighted by Crippen LogP contribution is -2.56. The van der Waals surface area contributed by atoms with Crippen LogP contribution in [0.25, 0.3) is 5.65 Å². The minimum absolute atomic E-state index is 0.108. The van der Waals surface area contributed by atoms with Gasteiger partial charge in [-0.15, -0.1) is 10.2 Å². The van der Waals surface area contributed by atoms with Gasteiger partial charge in [0, 0.05) is 12.1 Å². The van der Waals surface area contributed by atoms with Crippen LogP contribution in [0.15, 0.2) is 48.7 Å². The number of rotatable bonds is 9. The number of nitro groups is 1. The van der Waals surface area contributed by atoms with Crippen LogP contribution in [0.5, 0.6) is 0 Å². The van der Waals surface area contributed by atoms with Gasteiger partial charge in [0.1, 0.15) is 17.0 Å². The molecule has 1 aromatic carbocycles. The highest BCUT2D eigenvalue weighted by Gasteiger charge is 2.60. The molecule has 0 saturated heterocycles. The highest BCUT2D eigenvalue weighted by atomic mass is 16.6. The predicted molar refractivity (Wildman–Crippen MR) is 137 cm³/mol. The fourth-order valence-corrected chi connectivity index (χ4v) is 4.17. The molecule has 1 fully saturated rings. The second kappa shape index (κ2) is 10.0. The zero-order valence-electron chi connectivity index (χ0n) is 22.1. The van der Waals surface area contributed by atoms with Crippen LogP contribution in [-0.2, 0) is 26.3 Å². The summed E-state index contributed by atoms with van der Waals surface area (Å²) in [6.07, 6.45) is 1.13. The van der Waals surface area contributed by atoms with Gasteiger partial charge in [-0.25, -0.2) is 4.79 Å². The Morgan fingerprint density at radius 3 is 2.50 bits per heavy atom. The molecule has 202 valence electrons. The molecule has 0 bridgehead atoms. The molecule has 12 nitrogen and oxygen atoms in total. The molecule has 3 aromatic rings. The summed E-state index contributed by atoms with van der Waals surface area (Å²) in [5, 5.41) is 25.5. The summed E-state index contributed by atoms with van der Waals surface area (Å²) in [4.78, 5) is 36.4. The first-order valence-corrected chi connectivity index (χ1v) is 12.2. The molecule has 0 aliphatic heterocycles. The fraction of sp³-hybridized carbons (Fsp3) is 0.462. The number of pyridine rings is 1. The number of ether oxygens (including phenoxy) is 2. The van der Waals surface area contributed by atoms with Crippen LogP contribution in [0.2, 0.25) is 0 Å². The Bertz CT molecular complexity index is 1350. The van der Waals surface area contributed by atoms with Crippen LogP contribution in [0, 0.1) is 10.1 Å². The van der Waals surface area contributed by atoms with E-state index in [2.05, 4.69) is 20.8 Å². The average molecular weight is 525 g/mol. The van der Waals surface area contributed by atoms with Crippen molar-refractivity contribution in [1.29, 1.82) is 0 Å². The van der Waals surface area contributed by atoms with Gasteiger partial charge in [0.05, 0.1) is 29.7 Å². The molecule has 38 heavy (non-hydrogen) atoms. The van der Waals surface area contributed by atoms with E-state index in [1.165, 1.54) is 18.3 Å². The summed E-state index contributed by atoms with van der Waals surface area (Å²) in [7, 11) is 0. The Morgan fingerprint density at radius 2 is 1.84 bits per heavy atom. The van der Waals surface area contributed by atoms with Crippen LogP contribution in [0.1, 0.15) is 52.4 Å². The highest BCUT2D eigenvalue weighted by Crippen LogP contribution is 2.48. The van der Waals surface area contributed by atoms with Gasteiger partial charge in [-0.2, -0.15) is 0 Å². The van der Waals surface area contributed by atoms with Crippen LogP contribution < -0.4 is 10.6 Å². The summed E-state index contributed by atoms with van der Waals surface area (Å²) < 4.78 is 12.9. The largest absolute Gasteiger partial charge is 0.444 e. The normalized spacial score (nSPS) is 19.1. The first-order valence-electron chi connectivity index (χ1n) is 12.2. The maximum Gasteiger partial charge on any atom is 0.408 e. The van der Waals surface area contributed by atoms with Gasteiger partial charge in [0.25, 0.3) is 5.69 Å². The highest BCUT2D eigenvalue weighted by molar-refractivity contribution is 5.89. The van der Waals surface area contributed by atoms with Crippen molar-refractivity contribution in [1.82, 2.24) is 25.2 Å². The second-order valence-electron chi connectivity index (χ2n) is 11.0. The Balaban J connectivity index is 1.56. The summed E-state index contributed by atoms with van der Waals surface area (Å²) in [6, 6.07) is 12.1. The second-order valence-corrected chi connectivity index (χ2v) is 11.0. The van der Waals surface area contributed by atoms with Crippen molar-refractivity contribution in [3.05, 3.63) is 70.2 Å². The molecular formula is C26H32N6O6. The molecule has 4 rings (SSSR count). The molecule has 2 N–H and O–H groups in total. The number of aromatic nitrogens is 3. The van der Waals surface area contributed by atoms with Gasteiger partial charge < -0.3 is 20.1 Å². The van der Waals surface area contributed by atoms with E-state index in [1.807, 2.05) is 30.3 Å². The third kappa shape index (κ3) is 5.91. The first-order chi connectivity index (χ1) is 17.8. The Kier molecular flexibility index (Phi) is 7.11. The lowest BCUT2D eigenvalue weighted by atomic mass is 10.0. The Labute approximate surface area is 219 Å². The number of amides is 2. The molecule has 12 heteroatoms. The lowest BCUT2D eigenvalue weighted by Gasteiger charge is -2.28. The molecule has 1 aliphatic rings. The van der Waals surface area contributed by atoms with E-state index in [9.17, 15) is 19.7 Å². The van der Waals surface area contributed by atoms with Crippen molar-refractivity contribution in [3.8, 4) is 0 Å². The Morgan fingerprint density at radius 1 is 1.13 bits per heavy atom. The van der Waals surface area contributed by atoms with Gasteiger partial charge in [-0.05, 0) is 52.7 Å². The molecule has 1 saturated carbocycles. The number of hydrogen-bond donors (Lipinski definition) is 2. The number of alkyl carbamates (subject to hydrolysis) is 1. The van der Waals surface area contributed by atoms with Crippen LogP contribution in [-0.4, -0.2) is 55.3 Å². The molecule has 0 radical (unpaired) electrons. The number of carbonyl (C=O) groups is 2. The summed E-state index contributed by atoms with van der Waals surface area (Å²) >= 11 is 0. The summed E-state index contributed by atoms with van der Waals surface area (Å²) in [5.74, 6) is 0.0329. The third-order valence-corrected chi connectivity index (χ3v) is 6.28. The van der Waals surface area contributed by atoms with Crippen LogP contribution >= 0.6 is 0 Å².